The molecule has 0 fully saturated rings. The van der Waals surface area contributed by atoms with Crippen LogP contribution in [0.5, 0.6) is 0 Å². The summed E-state index contributed by atoms with van der Waals surface area (Å²) < 4.78 is 1.76. The van der Waals surface area contributed by atoms with Crippen LogP contribution in [0.4, 0.5) is 0 Å². The maximum atomic E-state index is 4.29. The highest BCUT2D eigenvalue weighted by molar-refractivity contribution is 7.13. The predicted octanol–water partition coefficient (Wildman–Crippen LogP) is 1.53. The van der Waals surface area contributed by atoms with Crippen LogP contribution < -0.4 is 5.32 Å². The zero-order valence-electron chi connectivity index (χ0n) is 9.64. The van der Waals surface area contributed by atoms with E-state index in [4.69, 9.17) is 0 Å². The number of hydrogen-bond donors (Lipinski definition) is 1. The average Bonchev–Trinajstić information content (AvgIpc) is 2.83. The Balaban J connectivity index is 2.07. The summed E-state index contributed by atoms with van der Waals surface area (Å²) >= 11 is 1.56. The van der Waals surface area contributed by atoms with Gasteiger partial charge in [-0.15, -0.1) is 10.2 Å². The molecule has 2 aromatic heterocycles. The highest BCUT2D eigenvalue weighted by Crippen LogP contribution is 2.14. The second-order valence-corrected chi connectivity index (χ2v) is 4.96. The molecule has 16 heavy (non-hydrogen) atoms. The summed E-state index contributed by atoms with van der Waals surface area (Å²) in [4.78, 5) is 0. The van der Waals surface area contributed by atoms with Gasteiger partial charge in [0, 0.05) is 18.8 Å². The van der Waals surface area contributed by atoms with E-state index in [1.807, 2.05) is 19.2 Å². The van der Waals surface area contributed by atoms with Crippen molar-refractivity contribution in [1.82, 2.24) is 25.3 Å². The molecule has 0 atom stereocenters. The summed E-state index contributed by atoms with van der Waals surface area (Å²) in [5.74, 6) is 0. The Kier molecular flexibility index (Phi) is 3.31. The maximum Gasteiger partial charge on any atom is 0.232 e. The molecule has 86 valence electrons. The molecule has 2 heterocycles. The van der Waals surface area contributed by atoms with Crippen molar-refractivity contribution in [1.29, 1.82) is 0 Å². The van der Waals surface area contributed by atoms with Crippen LogP contribution in [0.3, 0.4) is 0 Å². The van der Waals surface area contributed by atoms with Crippen LogP contribution in [-0.4, -0.2) is 26.0 Å². The van der Waals surface area contributed by atoms with Crippen LogP contribution in [0.15, 0.2) is 12.3 Å². The summed E-state index contributed by atoms with van der Waals surface area (Å²) in [6, 6.07) is 2.41. The average molecular weight is 237 g/mol. The number of aromatic nitrogens is 4. The van der Waals surface area contributed by atoms with E-state index in [0.29, 0.717) is 6.04 Å². The summed E-state index contributed by atoms with van der Waals surface area (Å²) in [6.07, 6.45) is 1.90. The van der Waals surface area contributed by atoms with Gasteiger partial charge < -0.3 is 5.32 Å². The Hall–Kier alpha value is -1.27. The molecule has 0 aliphatic rings. The topological polar surface area (TPSA) is 55.6 Å². The van der Waals surface area contributed by atoms with E-state index in [1.54, 1.807) is 16.0 Å². The van der Waals surface area contributed by atoms with Crippen LogP contribution >= 0.6 is 11.3 Å². The Morgan fingerprint density at radius 1 is 1.44 bits per heavy atom. The molecule has 0 aliphatic heterocycles. The van der Waals surface area contributed by atoms with E-state index < -0.39 is 0 Å². The first kappa shape index (κ1) is 11.2. The third-order valence-corrected chi connectivity index (χ3v) is 2.95. The van der Waals surface area contributed by atoms with E-state index in [-0.39, 0.29) is 0 Å². The first-order valence-corrected chi connectivity index (χ1v) is 6.05. The normalized spacial score (nSPS) is 11.2. The molecular formula is C10H15N5S. The number of nitrogens with zero attached hydrogens (tertiary/aromatic N) is 4. The highest BCUT2D eigenvalue weighted by Gasteiger charge is 2.06. The van der Waals surface area contributed by atoms with E-state index >= 15 is 0 Å². The molecule has 0 aliphatic carbocycles. The van der Waals surface area contributed by atoms with Crippen LogP contribution in [0.2, 0.25) is 0 Å². The first-order valence-electron chi connectivity index (χ1n) is 5.23. The minimum Gasteiger partial charge on any atom is -0.308 e. The van der Waals surface area contributed by atoms with Crippen molar-refractivity contribution in [3.8, 4) is 5.13 Å². The van der Waals surface area contributed by atoms with Crippen molar-refractivity contribution >= 4 is 11.3 Å². The lowest BCUT2D eigenvalue weighted by molar-refractivity contribution is 0.584. The molecule has 0 amide bonds. The van der Waals surface area contributed by atoms with Crippen molar-refractivity contribution in [2.24, 2.45) is 0 Å². The fourth-order valence-corrected chi connectivity index (χ4v) is 1.95. The molecule has 0 radical (unpaired) electrons. The molecular weight excluding hydrogens is 222 g/mol. The van der Waals surface area contributed by atoms with Gasteiger partial charge in [0.1, 0.15) is 5.01 Å². The number of hydrogen-bond acceptors (Lipinski definition) is 5. The number of nitrogens with one attached hydrogen (secondary N) is 1. The van der Waals surface area contributed by atoms with Crippen molar-refractivity contribution in [2.75, 3.05) is 0 Å². The third kappa shape index (κ3) is 2.65. The van der Waals surface area contributed by atoms with E-state index in [0.717, 1.165) is 22.4 Å². The van der Waals surface area contributed by atoms with Gasteiger partial charge in [-0.3, -0.25) is 0 Å². The number of rotatable bonds is 4. The van der Waals surface area contributed by atoms with E-state index in [9.17, 15) is 0 Å². The van der Waals surface area contributed by atoms with Gasteiger partial charge in [0.05, 0.1) is 5.69 Å². The van der Waals surface area contributed by atoms with Crippen molar-refractivity contribution in [3.05, 3.63) is 23.0 Å². The van der Waals surface area contributed by atoms with Gasteiger partial charge in [-0.2, -0.15) is 5.10 Å². The summed E-state index contributed by atoms with van der Waals surface area (Å²) in [7, 11) is 0. The molecule has 0 aromatic carbocycles. The van der Waals surface area contributed by atoms with E-state index in [1.165, 1.54) is 0 Å². The van der Waals surface area contributed by atoms with Crippen molar-refractivity contribution in [2.45, 2.75) is 33.4 Å². The highest BCUT2D eigenvalue weighted by atomic mass is 32.1. The second kappa shape index (κ2) is 4.71. The molecule has 2 aromatic rings. The Bertz CT molecular complexity index is 459. The fourth-order valence-electron chi connectivity index (χ4n) is 1.22. The standard InChI is InChI=1S/C10H15N5S/c1-7(2)11-6-9-12-13-10(16-9)15-5-4-8(3)14-15/h4-5,7,11H,6H2,1-3H3. The summed E-state index contributed by atoms with van der Waals surface area (Å²) in [6.45, 7) is 6.94. The molecule has 0 spiro atoms. The van der Waals surface area contributed by atoms with Crippen LogP contribution in [0.1, 0.15) is 24.5 Å². The van der Waals surface area contributed by atoms with Gasteiger partial charge in [0.2, 0.25) is 5.13 Å². The Labute approximate surface area is 98.5 Å². The largest absolute Gasteiger partial charge is 0.308 e. The quantitative estimate of drug-likeness (QED) is 0.876. The minimum absolute atomic E-state index is 0.458. The zero-order chi connectivity index (χ0) is 11.5. The van der Waals surface area contributed by atoms with Crippen molar-refractivity contribution < 1.29 is 0 Å². The minimum atomic E-state index is 0.458. The molecule has 0 saturated carbocycles. The lowest BCUT2D eigenvalue weighted by Crippen LogP contribution is -2.21. The molecule has 5 nitrogen and oxygen atoms in total. The van der Waals surface area contributed by atoms with E-state index in [2.05, 4.69) is 34.5 Å². The van der Waals surface area contributed by atoms with Crippen LogP contribution in [-0.2, 0) is 6.54 Å². The molecule has 2 rings (SSSR count). The van der Waals surface area contributed by atoms with Gasteiger partial charge in [0.15, 0.2) is 0 Å². The second-order valence-electron chi connectivity index (χ2n) is 3.92. The molecule has 6 heteroatoms. The third-order valence-electron chi connectivity index (χ3n) is 2.04. The first-order chi connectivity index (χ1) is 7.65. The molecule has 1 N–H and O–H groups in total. The van der Waals surface area contributed by atoms with Gasteiger partial charge >= 0.3 is 0 Å². The lowest BCUT2D eigenvalue weighted by Gasteiger charge is -2.03. The van der Waals surface area contributed by atoms with Gasteiger partial charge in [-0.1, -0.05) is 25.2 Å². The van der Waals surface area contributed by atoms with Gasteiger partial charge in [-0.25, -0.2) is 4.68 Å². The Morgan fingerprint density at radius 2 is 2.25 bits per heavy atom. The smallest absolute Gasteiger partial charge is 0.232 e. The lowest BCUT2D eigenvalue weighted by atomic mass is 10.4. The number of aryl methyl sites for hydroxylation is 1. The summed E-state index contributed by atoms with van der Waals surface area (Å²) in [5.41, 5.74) is 0.983. The van der Waals surface area contributed by atoms with Gasteiger partial charge in [0.25, 0.3) is 0 Å². The Morgan fingerprint density at radius 3 is 2.88 bits per heavy atom. The fraction of sp³-hybridized carbons (Fsp3) is 0.500. The molecule has 0 unspecified atom stereocenters. The monoisotopic (exact) mass is 237 g/mol. The van der Waals surface area contributed by atoms with Crippen molar-refractivity contribution in [3.63, 3.8) is 0 Å². The molecule has 0 saturated heterocycles. The van der Waals surface area contributed by atoms with Gasteiger partial charge in [-0.05, 0) is 13.0 Å². The maximum absolute atomic E-state index is 4.29. The molecule has 0 bridgehead atoms. The van der Waals surface area contributed by atoms with Crippen LogP contribution in [0, 0.1) is 6.92 Å². The summed E-state index contributed by atoms with van der Waals surface area (Å²) in [5, 5.41) is 17.6. The SMILES string of the molecule is Cc1ccn(-c2nnc(CNC(C)C)s2)n1. The zero-order valence-corrected chi connectivity index (χ0v) is 10.5. The van der Waals surface area contributed by atoms with Crippen LogP contribution in [0.25, 0.3) is 5.13 Å². The predicted molar refractivity (Wildman–Crippen MR) is 63.7 cm³/mol.